The van der Waals surface area contributed by atoms with Gasteiger partial charge in [0, 0.05) is 51.2 Å². The maximum Gasteiger partial charge on any atom is 0.255 e. The number of carbonyl (C=O) groups excluding carboxylic acids is 1. The molecule has 0 atom stereocenters. The van der Waals surface area contributed by atoms with Gasteiger partial charge in [-0.1, -0.05) is 26.0 Å². The largest absolute Gasteiger partial charge is 0.370 e. The lowest BCUT2D eigenvalue weighted by Gasteiger charge is -2.37. The van der Waals surface area contributed by atoms with Crippen LogP contribution in [0.5, 0.6) is 0 Å². The molecule has 1 aliphatic rings. The van der Waals surface area contributed by atoms with Crippen molar-refractivity contribution >= 4 is 17.3 Å². The maximum atomic E-state index is 13.1. The van der Waals surface area contributed by atoms with Gasteiger partial charge in [-0.25, -0.2) is 0 Å². The first-order chi connectivity index (χ1) is 14.0. The summed E-state index contributed by atoms with van der Waals surface area (Å²) in [6, 6.07) is 8.46. The predicted molar refractivity (Wildman–Crippen MR) is 121 cm³/mol. The van der Waals surface area contributed by atoms with Gasteiger partial charge in [-0.15, -0.1) is 0 Å². The summed E-state index contributed by atoms with van der Waals surface area (Å²) in [6.45, 7) is 13.9. The van der Waals surface area contributed by atoms with Crippen molar-refractivity contribution < 1.29 is 4.79 Å². The fourth-order valence-electron chi connectivity index (χ4n) is 4.04. The molecule has 1 aromatic heterocycles. The van der Waals surface area contributed by atoms with E-state index in [2.05, 4.69) is 60.7 Å². The van der Waals surface area contributed by atoms with E-state index in [0.29, 0.717) is 5.56 Å². The number of aryl methyl sites for hydroxylation is 1. The number of benzene rings is 1. The summed E-state index contributed by atoms with van der Waals surface area (Å²) in [6.07, 6.45) is 5.75. The molecule has 1 aliphatic heterocycles. The molecule has 1 aromatic carbocycles. The topological polar surface area (TPSA) is 39.7 Å². The number of aromatic nitrogens is 1. The highest BCUT2D eigenvalue weighted by molar-refractivity contribution is 5.95. The van der Waals surface area contributed by atoms with Crippen molar-refractivity contribution in [2.24, 2.45) is 0 Å². The van der Waals surface area contributed by atoms with Crippen LogP contribution >= 0.6 is 0 Å². The van der Waals surface area contributed by atoms with Crippen molar-refractivity contribution in [2.75, 3.05) is 49.1 Å². The monoisotopic (exact) mass is 394 g/mol. The van der Waals surface area contributed by atoms with Crippen molar-refractivity contribution in [1.29, 1.82) is 0 Å². The first-order valence-corrected chi connectivity index (χ1v) is 10.9. The third kappa shape index (κ3) is 4.89. The Bertz CT molecular complexity index is 821. The molecular formula is C24H34N4O. The molecule has 1 amide bonds. The van der Waals surface area contributed by atoms with E-state index in [9.17, 15) is 4.79 Å². The second kappa shape index (κ2) is 9.77. The molecule has 1 fully saturated rings. The molecule has 156 valence electrons. The second-order valence-corrected chi connectivity index (χ2v) is 7.92. The lowest BCUT2D eigenvalue weighted by atomic mass is 10.1. The molecule has 29 heavy (non-hydrogen) atoms. The highest BCUT2D eigenvalue weighted by Crippen LogP contribution is 2.24. The Morgan fingerprint density at radius 1 is 1.03 bits per heavy atom. The Balaban J connectivity index is 1.68. The van der Waals surface area contributed by atoms with E-state index in [0.717, 1.165) is 57.8 Å². The molecule has 0 spiro atoms. The summed E-state index contributed by atoms with van der Waals surface area (Å²) < 4.78 is 0. The summed E-state index contributed by atoms with van der Waals surface area (Å²) in [5.41, 5.74) is 5.67. The smallest absolute Gasteiger partial charge is 0.255 e. The van der Waals surface area contributed by atoms with E-state index in [1.807, 2.05) is 17.2 Å². The fraction of sp³-hybridized carbons (Fsp3) is 0.500. The van der Waals surface area contributed by atoms with Gasteiger partial charge in [0.25, 0.3) is 5.91 Å². The molecule has 5 nitrogen and oxygen atoms in total. The van der Waals surface area contributed by atoms with Crippen LogP contribution in [0.15, 0.2) is 36.7 Å². The van der Waals surface area contributed by atoms with Gasteiger partial charge in [-0.05, 0) is 49.9 Å². The van der Waals surface area contributed by atoms with Crippen molar-refractivity contribution in [1.82, 2.24) is 9.88 Å². The zero-order valence-corrected chi connectivity index (χ0v) is 18.3. The number of carbonyl (C=O) groups is 1. The highest BCUT2D eigenvalue weighted by Gasteiger charge is 2.24. The van der Waals surface area contributed by atoms with Crippen molar-refractivity contribution in [3.63, 3.8) is 0 Å². The Hall–Kier alpha value is -2.56. The lowest BCUT2D eigenvalue weighted by Crippen LogP contribution is -2.49. The Morgan fingerprint density at radius 2 is 1.72 bits per heavy atom. The highest BCUT2D eigenvalue weighted by atomic mass is 16.2. The first kappa shape index (κ1) is 21.2. The summed E-state index contributed by atoms with van der Waals surface area (Å²) in [4.78, 5) is 24.2. The van der Waals surface area contributed by atoms with E-state index >= 15 is 0 Å². The van der Waals surface area contributed by atoms with Crippen molar-refractivity contribution in [3.8, 4) is 0 Å². The van der Waals surface area contributed by atoms with E-state index in [4.69, 9.17) is 0 Å². The normalized spacial score (nSPS) is 14.2. The van der Waals surface area contributed by atoms with Gasteiger partial charge in [0.1, 0.15) is 0 Å². The molecule has 2 aromatic rings. The van der Waals surface area contributed by atoms with Crippen LogP contribution in [0.4, 0.5) is 11.4 Å². The van der Waals surface area contributed by atoms with Crippen LogP contribution in [0.2, 0.25) is 0 Å². The van der Waals surface area contributed by atoms with Crippen LogP contribution in [0, 0.1) is 13.8 Å². The number of hydrogen-bond donors (Lipinski definition) is 0. The van der Waals surface area contributed by atoms with Crippen LogP contribution in [-0.2, 0) is 0 Å². The molecule has 0 bridgehead atoms. The molecule has 0 aliphatic carbocycles. The zero-order chi connectivity index (χ0) is 20.8. The third-order valence-corrected chi connectivity index (χ3v) is 5.81. The summed E-state index contributed by atoms with van der Waals surface area (Å²) in [5, 5.41) is 0. The molecule has 2 heterocycles. The molecule has 3 rings (SSSR count). The molecule has 1 saturated heterocycles. The third-order valence-electron chi connectivity index (χ3n) is 5.81. The Kier molecular flexibility index (Phi) is 7.13. The van der Waals surface area contributed by atoms with E-state index < -0.39 is 0 Å². The molecule has 0 unspecified atom stereocenters. The van der Waals surface area contributed by atoms with E-state index in [1.165, 1.54) is 16.8 Å². The SMILES string of the molecule is CCCN(CCC)c1cncc(C(=O)N2CCN(c3cccc(C)c3C)CC2)c1. The summed E-state index contributed by atoms with van der Waals surface area (Å²) in [7, 11) is 0. The molecule has 0 saturated carbocycles. The summed E-state index contributed by atoms with van der Waals surface area (Å²) in [5.74, 6) is 0.0907. The van der Waals surface area contributed by atoms with Gasteiger partial charge in [0.2, 0.25) is 0 Å². The van der Waals surface area contributed by atoms with Gasteiger partial charge in [-0.2, -0.15) is 0 Å². The molecule has 0 radical (unpaired) electrons. The van der Waals surface area contributed by atoms with Crippen molar-refractivity contribution in [3.05, 3.63) is 53.3 Å². The molecular weight excluding hydrogens is 360 g/mol. The van der Waals surface area contributed by atoms with Crippen LogP contribution in [0.1, 0.15) is 48.2 Å². The first-order valence-electron chi connectivity index (χ1n) is 10.9. The average Bonchev–Trinajstić information content (AvgIpc) is 2.75. The number of nitrogens with zero attached hydrogens (tertiary/aromatic N) is 4. The van der Waals surface area contributed by atoms with Crippen molar-refractivity contribution in [2.45, 2.75) is 40.5 Å². The van der Waals surface area contributed by atoms with Crippen LogP contribution < -0.4 is 9.80 Å². The predicted octanol–water partition coefficient (Wildman–Crippen LogP) is 4.29. The maximum absolute atomic E-state index is 13.1. The Labute approximate surface area is 175 Å². The zero-order valence-electron chi connectivity index (χ0n) is 18.3. The Morgan fingerprint density at radius 3 is 2.38 bits per heavy atom. The number of amides is 1. The number of anilines is 2. The molecule has 5 heteroatoms. The van der Waals surface area contributed by atoms with Gasteiger partial charge >= 0.3 is 0 Å². The minimum Gasteiger partial charge on any atom is -0.370 e. The minimum atomic E-state index is 0.0907. The number of hydrogen-bond acceptors (Lipinski definition) is 4. The van der Waals surface area contributed by atoms with Crippen LogP contribution in [0.25, 0.3) is 0 Å². The minimum absolute atomic E-state index is 0.0907. The molecule has 0 N–H and O–H groups in total. The van der Waals surface area contributed by atoms with Gasteiger partial charge in [-0.3, -0.25) is 9.78 Å². The number of pyridine rings is 1. The van der Waals surface area contributed by atoms with Gasteiger partial charge in [0.05, 0.1) is 17.4 Å². The fourth-order valence-corrected chi connectivity index (χ4v) is 4.04. The van der Waals surface area contributed by atoms with E-state index in [1.54, 1.807) is 6.20 Å². The number of rotatable bonds is 7. The number of piperazine rings is 1. The average molecular weight is 395 g/mol. The van der Waals surface area contributed by atoms with Gasteiger partial charge in [0.15, 0.2) is 0 Å². The summed E-state index contributed by atoms with van der Waals surface area (Å²) >= 11 is 0. The lowest BCUT2D eigenvalue weighted by molar-refractivity contribution is 0.0746. The van der Waals surface area contributed by atoms with Crippen LogP contribution in [0.3, 0.4) is 0 Å². The standard InChI is InChI=1S/C24H34N4O/c1-5-10-26(11-6-2)22-16-21(17-25-18-22)24(29)28-14-12-27(13-15-28)23-9-7-8-19(3)20(23)4/h7-9,16-18H,5-6,10-15H2,1-4H3. The van der Waals surface area contributed by atoms with Gasteiger partial charge < -0.3 is 14.7 Å². The van der Waals surface area contributed by atoms with Crippen LogP contribution in [-0.4, -0.2) is 55.1 Å². The van der Waals surface area contributed by atoms with E-state index in [-0.39, 0.29) is 5.91 Å². The quantitative estimate of drug-likeness (QED) is 0.702. The second-order valence-electron chi connectivity index (χ2n) is 7.92.